The Kier molecular flexibility index (Phi) is 13.2. The van der Waals surface area contributed by atoms with Gasteiger partial charge in [0.1, 0.15) is 5.82 Å². The Balaban J connectivity index is 1.22. The third-order valence-electron chi connectivity index (χ3n) is 7.06. The first-order valence-electron chi connectivity index (χ1n) is 14.7. The average molecular weight is 566 g/mol. The molecule has 4 amide bonds. The maximum Gasteiger partial charge on any atom is 0.253 e. The van der Waals surface area contributed by atoms with E-state index in [0.29, 0.717) is 18.9 Å². The van der Waals surface area contributed by atoms with Gasteiger partial charge in [0, 0.05) is 50.0 Å². The smallest absolute Gasteiger partial charge is 0.253 e. The lowest BCUT2D eigenvalue weighted by Gasteiger charge is -2.13. The van der Waals surface area contributed by atoms with Crippen LogP contribution in [-0.4, -0.2) is 66.4 Å². The minimum Gasteiger partial charge on any atom is -0.383 e. The number of aryl methyl sites for hydroxylation is 2. The summed E-state index contributed by atoms with van der Waals surface area (Å²) in [6, 6.07) is 8.44. The molecule has 0 spiro atoms. The van der Waals surface area contributed by atoms with Crippen molar-refractivity contribution in [1.82, 2.24) is 20.5 Å². The number of pyridine rings is 1. The molecule has 1 aliphatic rings. The average Bonchev–Trinajstić information content (AvgIpc) is 3.28. The van der Waals surface area contributed by atoms with E-state index in [1.807, 2.05) is 12.1 Å². The molecular weight excluding hydrogens is 522 g/mol. The highest BCUT2D eigenvalue weighted by molar-refractivity contribution is 6.13. The number of imide groups is 1. The van der Waals surface area contributed by atoms with Crippen LogP contribution in [0.2, 0.25) is 0 Å². The van der Waals surface area contributed by atoms with Crippen molar-refractivity contribution in [2.45, 2.75) is 71.1 Å². The van der Waals surface area contributed by atoms with Gasteiger partial charge in [-0.3, -0.25) is 24.1 Å². The second kappa shape index (κ2) is 17.1. The van der Waals surface area contributed by atoms with E-state index in [1.165, 1.54) is 35.9 Å². The van der Waals surface area contributed by atoms with Gasteiger partial charge in [-0.1, -0.05) is 38.3 Å². The standard InChI is InChI=1S/C31H43N5O5/c1-2-3-5-10-24-22-25-23(11-8-12-26(25)35-31(24)32)9-6-4-7-17-33-28(38)16-20-41-21-18-34-27(37)15-19-36-29(39)13-14-30(36)40/h8,11-14,22H,2-7,9-10,15-21H2,1H3,(H2,32,35)(H,33,38)(H,34,37). The molecule has 4 N–H and O–H groups in total. The number of hydrogen-bond acceptors (Lipinski definition) is 7. The SMILES string of the molecule is CCCCCc1cc2c(CCCCCNC(=O)CCOCCNC(=O)CCN3C(=O)C=CC3=O)cccc2nc1N. The van der Waals surface area contributed by atoms with Crippen LogP contribution in [0.5, 0.6) is 0 Å². The van der Waals surface area contributed by atoms with Crippen molar-refractivity contribution in [3.63, 3.8) is 0 Å². The Morgan fingerprint density at radius 1 is 0.878 bits per heavy atom. The zero-order chi connectivity index (χ0) is 29.5. The van der Waals surface area contributed by atoms with E-state index in [2.05, 4.69) is 34.7 Å². The Hall–Kier alpha value is -3.79. The summed E-state index contributed by atoms with van der Waals surface area (Å²) >= 11 is 0. The lowest BCUT2D eigenvalue weighted by atomic mass is 9.99. The molecule has 0 radical (unpaired) electrons. The number of hydrogen-bond donors (Lipinski definition) is 3. The van der Waals surface area contributed by atoms with Crippen molar-refractivity contribution in [2.24, 2.45) is 0 Å². The van der Waals surface area contributed by atoms with Crippen molar-refractivity contribution in [2.75, 3.05) is 38.6 Å². The molecule has 0 fully saturated rings. The fourth-order valence-electron chi connectivity index (χ4n) is 4.71. The summed E-state index contributed by atoms with van der Waals surface area (Å²) in [5.74, 6) is -0.496. The Morgan fingerprint density at radius 3 is 2.37 bits per heavy atom. The van der Waals surface area contributed by atoms with Gasteiger partial charge >= 0.3 is 0 Å². The van der Waals surface area contributed by atoms with Crippen LogP contribution >= 0.6 is 0 Å². The van der Waals surface area contributed by atoms with Crippen LogP contribution in [0, 0.1) is 0 Å². The van der Waals surface area contributed by atoms with E-state index in [1.54, 1.807) is 0 Å². The summed E-state index contributed by atoms with van der Waals surface area (Å²) in [4.78, 5) is 52.5. The fraction of sp³-hybridized carbons (Fsp3) is 0.516. The maximum atomic E-state index is 12.1. The summed E-state index contributed by atoms with van der Waals surface area (Å²) in [6.45, 7) is 3.71. The molecule has 0 aliphatic carbocycles. The highest BCUT2D eigenvalue weighted by atomic mass is 16.5. The molecule has 1 aromatic carbocycles. The van der Waals surface area contributed by atoms with Crippen LogP contribution in [0.25, 0.3) is 10.9 Å². The van der Waals surface area contributed by atoms with E-state index in [4.69, 9.17) is 10.5 Å². The first-order valence-corrected chi connectivity index (χ1v) is 14.7. The molecule has 0 bridgehead atoms. The number of carbonyl (C=O) groups excluding carboxylic acids is 4. The molecule has 222 valence electrons. The number of unbranched alkanes of at least 4 members (excludes halogenated alkanes) is 4. The van der Waals surface area contributed by atoms with E-state index in [9.17, 15) is 19.2 Å². The van der Waals surface area contributed by atoms with E-state index in [-0.39, 0.29) is 44.4 Å². The number of amides is 4. The zero-order valence-corrected chi connectivity index (χ0v) is 24.1. The number of carbonyl (C=O) groups is 4. The second-order valence-corrected chi connectivity index (χ2v) is 10.3. The van der Waals surface area contributed by atoms with Gasteiger partial charge in [0.05, 0.1) is 18.7 Å². The number of rotatable bonds is 19. The lowest BCUT2D eigenvalue weighted by Crippen LogP contribution is -2.35. The van der Waals surface area contributed by atoms with Crippen molar-refractivity contribution in [3.05, 3.63) is 47.5 Å². The molecule has 0 unspecified atom stereocenters. The van der Waals surface area contributed by atoms with Crippen LogP contribution in [0.1, 0.15) is 69.4 Å². The molecule has 1 aliphatic heterocycles. The van der Waals surface area contributed by atoms with Gasteiger partial charge in [0.15, 0.2) is 0 Å². The quantitative estimate of drug-likeness (QED) is 0.175. The van der Waals surface area contributed by atoms with Gasteiger partial charge in [-0.15, -0.1) is 0 Å². The van der Waals surface area contributed by atoms with Crippen molar-refractivity contribution >= 4 is 40.3 Å². The predicted octanol–water partition coefficient (Wildman–Crippen LogP) is 3.22. The van der Waals surface area contributed by atoms with Gasteiger partial charge in [0.25, 0.3) is 11.8 Å². The Morgan fingerprint density at radius 2 is 1.59 bits per heavy atom. The van der Waals surface area contributed by atoms with E-state index in [0.717, 1.165) is 54.5 Å². The van der Waals surface area contributed by atoms with Crippen LogP contribution in [-0.2, 0) is 36.8 Å². The van der Waals surface area contributed by atoms with Crippen molar-refractivity contribution in [1.29, 1.82) is 0 Å². The van der Waals surface area contributed by atoms with Gasteiger partial charge in [-0.25, -0.2) is 4.98 Å². The normalized spacial score (nSPS) is 12.9. The monoisotopic (exact) mass is 565 g/mol. The molecule has 2 aromatic rings. The van der Waals surface area contributed by atoms with E-state index < -0.39 is 11.8 Å². The third-order valence-corrected chi connectivity index (χ3v) is 7.06. The van der Waals surface area contributed by atoms with Crippen LogP contribution in [0.15, 0.2) is 36.4 Å². The topological polar surface area (TPSA) is 144 Å². The number of nitrogens with two attached hydrogens (primary N) is 1. The summed E-state index contributed by atoms with van der Waals surface area (Å²) in [5.41, 5.74) is 9.58. The highest BCUT2D eigenvalue weighted by Gasteiger charge is 2.23. The minimum absolute atomic E-state index is 0.0376. The molecule has 10 nitrogen and oxygen atoms in total. The summed E-state index contributed by atoms with van der Waals surface area (Å²) in [7, 11) is 0. The van der Waals surface area contributed by atoms with Gasteiger partial charge in [-0.2, -0.15) is 0 Å². The lowest BCUT2D eigenvalue weighted by molar-refractivity contribution is -0.137. The number of aromatic nitrogens is 1. The predicted molar refractivity (Wildman–Crippen MR) is 159 cm³/mol. The van der Waals surface area contributed by atoms with Crippen LogP contribution < -0.4 is 16.4 Å². The van der Waals surface area contributed by atoms with Gasteiger partial charge in [0.2, 0.25) is 11.8 Å². The molecule has 3 rings (SSSR count). The number of anilines is 1. The molecule has 0 atom stereocenters. The van der Waals surface area contributed by atoms with Gasteiger partial charge in [-0.05, 0) is 55.4 Å². The number of benzene rings is 1. The minimum atomic E-state index is -0.402. The summed E-state index contributed by atoms with van der Waals surface area (Å²) in [5, 5.41) is 6.79. The van der Waals surface area contributed by atoms with Crippen molar-refractivity contribution < 1.29 is 23.9 Å². The molecule has 1 aromatic heterocycles. The molecule has 0 saturated carbocycles. The largest absolute Gasteiger partial charge is 0.383 e. The van der Waals surface area contributed by atoms with Crippen LogP contribution in [0.4, 0.5) is 5.82 Å². The maximum absolute atomic E-state index is 12.1. The zero-order valence-electron chi connectivity index (χ0n) is 24.1. The fourth-order valence-corrected chi connectivity index (χ4v) is 4.71. The molecule has 10 heteroatoms. The number of nitrogens with zero attached hydrogens (tertiary/aromatic N) is 2. The Labute approximate surface area is 242 Å². The van der Waals surface area contributed by atoms with Crippen molar-refractivity contribution in [3.8, 4) is 0 Å². The second-order valence-electron chi connectivity index (χ2n) is 10.3. The summed E-state index contributed by atoms with van der Waals surface area (Å²) < 4.78 is 5.42. The first-order chi connectivity index (χ1) is 19.9. The summed E-state index contributed by atoms with van der Waals surface area (Å²) in [6.07, 6.45) is 11.0. The number of nitrogen functional groups attached to an aromatic ring is 1. The first kappa shape index (κ1) is 31.7. The molecule has 41 heavy (non-hydrogen) atoms. The number of ether oxygens (including phenoxy) is 1. The molecule has 0 saturated heterocycles. The number of fused-ring (bicyclic) bond motifs is 1. The van der Waals surface area contributed by atoms with Gasteiger partial charge < -0.3 is 21.1 Å². The third kappa shape index (κ3) is 10.6. The molecule has 2 heterocycles. The Bertz CT molecular complexity index is 1210. The number of nitrogens with one attached hydrogen (secondary N) is 2. The van der Waals surface area contributed by atoms with E-state index >= 15 is 0 Å². The molecular formula is C31H43N5O5. The highest BCUT2D eigenvalue weighted by Crippen LogP contribution is 2.24. The van der Waals surface area contributed by atoms with Crippen LogP contribution in [0.3, 0.4) is 0 Å².